The largest absolute Gasteiger partial charge is 0.341 e. The fraction of sp³-hybridized carbons (Fsp3) is 0.154. The van der Waals surface area contributed by atoms with E-state index in [1.54, 1.807) is 0 Å². The Hall–Kier alpha value is -2.62. The van der Waals surface area contributed by atoms with Gasteiger partial charge in [0.25, 0.3) is 11.5 Å². The molecule has 122 valence electrons. The van der Waals surface area contributed by atoms with E-state index < -0.39 is 32.0 Å². The molecule has 0 bridgehead atoms. The number of carbonyl (C=O) groups excluding carboxylic acids is 1. The lowest BCUT2D eigenvalue weighted by molar-refractivity contribution is 0.102. The van der Waals surface area contributed by atoms with E-state index in [1.165, 1.54) is 25.2 Å². The summed E-state index contributed by atoms with van der Waals surface area (Å²) in [4.78, 5) is 22.6. The summed E-state index contributed by atoms with van der Waals surface area (Å²) >= 11 is 0. The summed E-state index contributed by atoms with van der Waals surface area (Å²) < 4.78 is 49.5. The van der Waals surface area contributed by atoms with Crippen LogP contribution < -0.4 is 10.9 Å². The van der Waals surface area contributed by atoms with Crippen LogP contribution in [0.15, 0.2) is 46.1 Å². The predicted octanol–water partition coefficient (Wildman–Crippen LogP) is 1.03. The van der Waals surface area contributed by atoms with E-state index in [1.807, 2.05) is 0 Å². The first-order valence-electron chi connectivity index (χ1n) is 6.20. The molecule has 1 N–H and O–H groups in total. The smallest absolute Gasteiger partial charge is 0.319 e. The molecule has 1 aromatic carbocycles. The normalized spacial score (nSPS) is 11.5. The third-order valence-corrected chi connectivity index (χ3v) is 4.31. The SMILES string of the molecule is Cn1nc(C(=O)Nc2ccccc2S(=O)(=O)C(F)F)ccc1=O. The number of rotatable bonds is 4. The van der Waals surface area contributed by atoms with Crippen LogP contribution in [0.5, 0.6) is 0 Å². The van der Waals surface area contributed by atoms with Crippen molar-refractivity contribution in [2.45, 2.75) is 10.7 Å². The van der Waals surface area contributed by atoms with Crippen LogP contribution in [0.25, 0.3) is 0 Å². The number of hydrogen-bond donors (Lipinski definition) is 1. The number of anilines is 1. The molecule has 0 aliphatic carbocycles. The number of hydrogen-bond acceptors (Lipinski definition) is 5. The van der Waals surface area contributed by atoms with Crippen LogP contribution >= 0.6 is 0 Å². The Morgan fingerprint density at radius 3 is 2.48 bits per heavy atom. The number of benzene rings is 1. The molecule has 1 heterocycles. The van der Waals surface area contributed by atoms with Crippen LogP contribution in [-0.2, 0) is 16.9 Å². The number of amides is 1. The first-order chi connectivity index (χ1) is 10.7. The molecule has 0 aliphatic rings. The van der Waals surface area contributed by atoms with Gasteiger partial charge in [-0.05, 0) is 18.2 Å². The third-order valence-electron chi connectivity index (χ3n) is 2.87. The molecule has 10 heteroatoms. The Morgan fingerprint density at radius 2 is 1.87 bits per heavy atom. The van der Waals surface area contributed by atoms with E-state index in [-0.39, 0.29) is 11.4 Å². The van der Waals surface area contributed by atoms with Crippen molar-refractivity contribution in [2.24, 2.45) is 7.05 Å². The van der Waals surface area contributed by atoms with Crippen LogP contribution in [0.3, 0.4) is 0 Å². The number of sulfone groups is 1. The molecule has 2 aromatic rings. The number of aryl methyl sites for hydroxylation is 1. The minimum absolute atomic E-state index is 0.170. The summed E-state index contributed by atoms with van der Waals surface area (Å²) in [5.74, 6) is -4.45. The maximum Gasteiger partial charge on any atom is 0.341 e. The maximum absolute atomic E-state index is 12.7. The van der Waals surface area contributed by atoms with Crippen molar-refractivity contribution in [3.05, 3.63) is 52.4 Å². The maximum atomic E-state index is 12.7. The van der Waals surface area contributed by atoms with E-state index in [9.17, 15) is 26.8 Å². The number of halogens is 2. The molecule has 0 fully saturated rings. The van der Waals surface area contributed by atoms with Crippen LogP contribution in [-0.4, -0.2) is 29.9 Å². The first-order valence-corrected chi connectivity index (χ1v) is 7.75. The average Bonchev–Trinajstić information content (AvgIpc) is 2.50. The van der Waals surface area contributed by atoms with Gasteiger partial charge in [-0.2, -0.15) is 13.9 Å². The zero-order valence-electron chi connectivity index (χ0n) is 11.7. The zero-order valence-corrected chi connectivity index (χ0v) is 12.5. The Kier molecular flexibility index (Phi) is 4.55. The highest BCUT2D eigenvalue weighted by atomic mass is 32.2. The second kappa shape index (κ2) is 6.24. The molecule has 1 amide bonds. The molecule has 23 heavy (non-hydrogen) atoms. The summed E-state index contributed by atoms with van der Waals surface area (Å²) in [7, 11) is -3.55. The Bertz CT molecular complexity index is 909. The topological polar surface area (TPSA) is 98.1 Å². The van der Waals surface area contributed by atoms with Crippen LogP contribution in [0, 0.1) is 0 Å². The Morgan fingerprint density at radius 1 is 1.22 bits per heavy atom. The van der Waals surface area contributed by atoms with Gasteiger partial charge in [0.1, 0.15) is 5.69 Å². The van der Waals surface area contributed by atoms with E-state index in [4.69, 9.17) is 0 Å². The molecule has 0 radical (unpaired) electrons. The number of nitrogens with one attached hydrogen (secondary N) is 1. The van der Waals surface area contributed by atoms with E-state index in [0.29, 0.717) is 0 Å². The number of para-hydroxylation sites is 1. The number of carbonyl (C=O) groups is 1. The van der Waals surface area contributed by atoms with Gasteiger partial charge in [0.05, 0.1) is 10.6 Å². The molecule has 2 rings (SSSR count). The average molecular weight is 343 g/mol. The Labute approximate surface area is 129 Å². The lowest BCUT2D eigenvalue weighted by Gasteiger charge is -2.11. The van der Waals surface area contributed by atoms with E-state index in [2.05, 4.69) is 10.4 Å². The lowest BCUT2D eigenvalue weighted by Crippen LogP contribution is -2.24. The van der Waals surface area contributed by atoms with E-state index in [0.717, 1.165) is 22.9 Å². The van der Waals surface area contributed by atoms with Gasteiger partial charge >= 0.3 is 5.76 Å². The highest BCUT2D eigenvalue weighted by Gasteiger charge is 2.29. The molecule has 1 aromatic heterocycles. The van der Waals surface area contributed by atoms with Crippen molar-refractivity contribution in [3.8, 4) is 0 Å². The second-order valence-corrected chi connectivity index (χ2v) is 6.32. The first kappa shape index (κ1) is 16.7. The standard InChI is InChI=1S/C13H11F2N3O4S/c1-18-11(19)7-6-9(17-18)12(20)16-8-4-2-3-5-10(8)23(21,22)13(14)15/h2-7,13H,1H3,(H,16,20). The van der Waals surface area contributed by atoms with Crippen molar-refractivity contribution >= 4 is 21.4 Å². The summed E-state index contributed by atoms with van der Waals surface area (Å²) in [5.41, 5.74) is -0.910. The van der Waals surface area contributed by atoms with Crippen molar-refractivity contribution < 1.29 is 22.0 Å². The quantitative estimate of drug-likeness (QED) is 0.894. The monoisotopic (exact) mass is 343 g/mol. The fourth-order valence-corrected chi connectivity index (χ4v) is 2.61. The molecule has 0 aliphatic heterocycles. The zero-order chi connectivity index (χ0) is 17.2. The van der Waals surface area contributed by atoms with Gasteiger partial charge in [-0.25, -0.2) is 13.1 Å². The highest BCUT2D eigenvalue weighted by molar-refractivity contribution is 7.91. The van der Waals surface area contributed by atoms with E-state index >= 15 is 0 Å². The summed E-state index contributed by atoms with van der Waals surface area (Å²) in [6.45, 7) is 0. The molecule has 0 spiro atoms. The molecule has 7 nitrogen and oxygen atoms in total. The van der Waals surface area contributed by atoms with Crippen LogP contribution in [0.4, 0.5) is 14.5 Å². The van der Waals surface area contributed by atoms with Gasteiger partial charge in [-0.1, -0.05) is 12.1 Å². The van der Waals surface area contributed by atoms with Gasteiger partial charge in [0, 0.05) is 13.1 Å². The van der Waals surface area contributed by atoms with Crippen molar-refractivity contribution in [1.29, 1.82) is 0 Å². The minimum Gasteiger partial charge on any atom is -0.319 e. The van der Waals surface area contributed by atoms with Crippen molar-refractivity contribution in [1.82, 2.24) is 9.78 Å². The summed E-state index contributed by atoms with van der Waals surface area (Å²) in [5, 5.41) is 5.90. The molecular formula is C13H11F2N3O4S. The van der Waals surface area contributed by atoms with Crippen LogP contribution in [0.2, 0.25) is 0 Å². The highest BCUT2D eigenvalue weighted by Crippen LogP contribution is 2.26. The van der Waals surface area contributed by atoms with Crippen molar-refractivity contribution in [3.63, 3.8) is 0 Å². The molecule has 0 atom stereocenters. The number of alkyl halides is 2. The predicted molar refractivity (Wildman–Crippen MR) is 77.1 cm³/mol. The number of aromatic nitrogens is 2. The Balaban J connectivity index is 2.39. The van der Waals surface area contributed by atoms with Gasteiger partial charge in [-0.3, -0.25) is 9.59 Å². The van der Waals surface area contributed by atoms with Gasteiger partial charge in [-0.15, -0.1) is 0 Å². The second-order valence-electron chi connectivity index (χ2n) is 4.44. The summed E-state index contributed by atoms with van der Waals surface area (Å²) in [6.07, 6.45) is 0. The van der Waals surface area contributed by atoms with Crippen LogP contribution in [0.1, 0.15) is 10.5 Å². The van der Waals surface area contributed by atoms with Crippen molar-refractivity contribution in [2.75, 3.05) is 5.32 Å². The molecule has 0 saturated heterocycles. The minimum atomic E-state index is -4.87. The summed E-state index contributed by atoms with van der Waals surface area (Å²) in [6, 6.07) is 7.02. The van der Waals surface area contributed by atoms with Gasteiger partial charge in [0.15, 0.2) is 0 Å². The lowest BCUT2D eigenvalue weighted by atomic mass is 10.3. The number of nitrogens with zero attached hydrogens (tertiary/aromatic N) is 2. The van der Waals surface area contributed by atoms with Gasteiger partial charge in [0.2, 0.25) is 9.84 Å². The fourth-order valence-electron chi connectivity index (χ4n) is 1.72. The molecular weight excluding hydrogens is 332 g/mol. The molecule has 0 unspecified atom stereocenters. The molecule has 0 saturated carbocycles. The van der Waals surface area contributed by atoms with Gasteiger partial charge < -0.3 is 5.32 Å². The third kappa shape index (κ3) is 3.42.